The molecule has 0 radical (unpaired) electrons. The third kappa shape index (κ3) is 28.5. The summed E-state index contributed by atoms with van der Waals surface area (Å²) < 4.78 is 17.2. The van der Waals surface area contributed by atoms with Crippen molar-refractivity contribution >= 4 is 12.1 Å². The van der Waals surface area contributed by atoms with Gasteiger partial charge in [-0.05, 0) is 77.8 Å². The van der Waals surface area contributed by atoms with Gasteiger partial charge in [-0.2, -0.15) is 0 Å². The van der Waals surface area contributed by atoms with Crippen LogP contribution in [0.2, 0.25) is 0 Å². The van der Waals surface area contributed by atoms with Gasteiger partial charge in [0.1, 0.15) is 12.7 Å². The second-order valence-corrected chi connectivity index (χ2v) is 14.4. The highest BCUT2D eigenvalue weighted by molar-refractivity contribution is 5.69. The van der Waals surface area contributed by atoms with Gasteiger partial charge in [0.25, 0.3) is 0 Å². The molecule has 0 saturated carbocycles. The minimum atomic E-state index is -0.545. The zero-order valence-corrected chi connectivity index (χ0v) is 33.2. The highest BCUT2D eigenvalue weighted by Crippen LogP contribution is 2.20. The monoisotopic (exact) mass is 683 g/mol. The molecule has 0 aliphatic rings. The van der Waals surface area contributed by atoms with Crippen molar-refractivity contribution in [2.75, 3.05) is 45.9 Å². The second-order valence-electron chi connectivity index (χ2n) is 14.4. The third-order valence-corrected chi connectivity index (χ3v) is 9.89. The number of nitrogens with zero attached hydrogens (tertiary/aromatic N) is 2. The summed E-state index contributed by atoms with van der Waals surface area (Å²) >= 11 is 0. The number of ether oxygens (including phenoxy) is 3. The van der Waals surface area contributed by atoms with Crippen molar-refractivity contribution in [3.63, 3.8) is 0 Å². The van der Waals surface area contributed by atoms with Crippen molar-refractivity contribution in [2.24, 2.45) is 5.92 Å². The van der Waals surface area contributed by atoms with Gasteiger partial charge in [0.2, 0.25) is 0 Å². The Balaban J connectivity index is 4.56. The summed E-state index contributed by atoms with van der Waals surface area (Å²) in [7, 11) is 0. The fourth-order valence-corrected chi connectivity index (χ4v) is 6.40. The molecule has 286 valence electrons. The van der Waals surface area contributed by atoms with Crippen LogP contribution in [-0.4, -0.2) is 80.0 Å². The Labute approximate surface area is 299 Å². The summed E-state index contributed by atoms with van der Waals surface area (Å²) in [5, 5.41) is 0. The van der Waals surface area contributed by atoms with Crippen LogP contribution in [0.4, 0.5) is 4.79 Å². The molecule has 0 bridgehead atoms. The quantitative estimate of drug-likeness (QED) is 0.0487. The van der Waals surface area contributed by atoms with Gasteiger partial charge in [0, 0.05) is 32.1 Å². The lowest BCUT2D eigenvalue weighted by Gasteiger charge is -2.29. The maximum absolute atomic E-state index is 12.6. The summed E-state index contributed by atoms with van der Waals surface area (Å²) in [6.07, 6.45) is 24.1. The molecule has 0 aromatic heterocycles. The lowest BCUT2D eigenvalue weighted by molar-refractivity contribution is -0.145. The van der Waals surface area contributed by atoms with Crippen molar-refractivity contribution in [2.45, 2.75) is 202 Å². The molecule has 0 spiro atoms. The Morgan fingerprint density at radius 3 is 1.60 bits per heavy atom. The average molecular weight is 683 g/mol. The van der Waals surface area contributed by atoms with Crippen LogP contribution in [-0.2, 0) is 19.0 Å². The highest BCUT2D eigenvalue weighted by Gasteiger charge is 2.18. The van der Waals surface area contributed by atoms with Gasteiger partial charge in [-0.15, -0.1) is 0 Å². The highest BCUT2D eigenvalue weighted by atomic mass is 16.7. The number of hydrogen-bond donors (Lipinski definition) is 0. The SMILES string of the molecule is CCCCCCCCC(CCCCCC)COC(=O)CCCCCC(CCCCCC)OC(=O)OCCN(CCN(CC)CC)C(C)C. The number of likely N-dealkylation sites (N-methyl/N-ethyl adjacent to an activating group) is 1. The van der Waals surface area contributed by atoms with Gasteiger partial charge in [-0.3, -0.25) is 9.69 Å². The van der Waals surface area contributed by atoms with E-state index in [0.29, 0.717) is 38.1 Å². The number of esters is 1. The number of rotatable bonds is 35. The van der Waals surface area contributed by atoms with Crippen molar-refractivity contribution in [1.82, 2.24) is 9.80 Å². The van der Waals surface area contributed by atoms with Gasteiger partial charge in [-0.25, -0.2) is 4.79 Å². The lowest BCUT2D eigenvalue weighted by atomic mass is 9.95. The Bertz CT molecular complexity index is 715. The molecule has 0 heterocycles. The average Bonchev–Trinajstić information content (AvgIpc) is 3.07. The molecule has 0 aliphatic carbocycles. The molecule has 0 rings (SSSR count). The third-order valence-electron chi connectivity index (χ3n) is 9.89. The Kier molecular flexibility index (Phi) is 33.2. The van der Waals surface area contributed by atoms with E-state index < -0.39 is 6.16 Å². The first kappa shape index (κ1) is 46.7. The van der Waals surface area contributed by atoms with E-state index in [1.807, 2.05) is 0 Å². The number of carbonyl (C=O) groups excluding carboxylic acids is 2. The van der Waals surface area contributed by atoms with Crippen molar-refractivity contribution < 1.29 is 23.8 Å². The topological polar surface area (TPSA) is 68.3 Å². The largest absolute Gasteiger partial charge is 0.508 e. The minimum Gasteiger partial charge on any atom is -0.465 e. The van der Waals surface area contributed by atoms with Crippen LogP contribution in [0.1, 0.15) is 190 Å². The standard InChI is InChI=1S/C41H82N2O5/c1-8-13-16-19-20-23-28-38(27-22-17-14-9-2)36-47-40(44)31-26-21-25-30-39(29-24-18-15-10-3)48-41(45)46-35-34-43(37(6)7)33-32-42(11-4)12-5/h37-39H,8-36H2,1-7H3. The molecule has 2 atom stereocenters. The fraction of sp³-hybridized carbons (Fsp3) is 0.951. The lowest BCUT2D eigenvalue weighted by Crippen LogP contribution is -2.40. The molecular weight excluding hydrogens is 600 g/mol. The van der Waals surface area contributed by atoms with E-state index in [2.05, 4.69) is 58.3 Å². The molecule has 0 N–H and O–H groups in total. The molecule has 7 heteroatoms. The first-order valence-corrected chi connectivity index (χ1v) is 20.8. The number of carbonyl (C=O) groups is 2. The zero-order valence-electron chi connectivity index (χ0n) is 33.2. The molecule has 0 aromatic carbocycles. The van der Waals surface area contributed by atoms with Gasteiger partial charge >= 0.3 is 12.1 Å². The van der Waals surface area contributed by atoms with Gasteiger partial charge in [0.15, 0.2) is 0 Å². The normalized spacial score (nSPS) is 13.0. The van der Waals surface area contributed by atoms with E-state index in [0.717, 1.165) is 71.1 Å². The Hall–Kier alpha value is -1.34. The Morgan fingerprint density at radius 1 is 0.562 bits per heavy atom. The fourth-order valence-electron chi connectivity index (χ4n) is 6.40. The van der Waals surface area contributed by atoms with Crippen molar-refractivity contribution in [3.05, 3.63) is 0 Å². The van der Waals surface area contributed by atoms with Crippen LogP contribution in [0.15, 0.2) is 0 Å². The van der Waals surface area contributed by atoms with Gasteiger partial charge < -0.3 is 19.1 Å². The van der Waals surface area contributed by atoms with Crippen molar-refractivity contribution in [3.8, 4) is 0 Å². The molecule has 0 amide bonds. The molecule has 48 heavy (non-hydrogen) atoms. The van der Waals surface area contributed by atoms with E-state index in [1.54, 1.807) is 0 Å². The van der Waals surface area contributed by atoms with Gasteiger partial charge in [0.05, 0.1) is 6.61 Å². The maximum atomic E-state index is 12.6. The second kappa shape index (κ2) is 34.1. The first-order chi connectivity index (χ1) is 23.3. The Morgan fingerprint density at radius 2 is 1.06 bits per heavy atom. The first-order valence-electron chi connectivity index (χ1n) is 20.8. The summed E-state index contributed by atoms with van der Waals surface area (Å²) in [5.41, 5.74) is 0. The molecule has 0 fully saturated rings. The predicted octanol–water partition coefficient (Wildman–Crippen LogP) is 11.4. The van der Waals surface area contributed by atoms with E-state index in [9.17, 15) is 9.59 Å². The molecule has 0 saturated heterocycles. The van der Waals surface area contributed by atoms with E-state index in [4.69, 9.17) is 14.2 Å². The van der Waals surface area contributed by atoms with Crippen LogP contribution in [0.3, 0.4) is 0 Å². The van der Waals surface area contributed by atoms with Crippen LogP contribution < -0.4 is 0 Å². The van der Waals surface area contributed by atoms with Gasteiger partial charge in [-0.1, -0.05) is 125 Å². The molecule has 2 unspecified atom stereocenters. The van der Waals surface area contributed by atoms with Crippen LogP contribution in [0.5, 0.6) is 0 Å². The van der Waals surface area contributed by atoms with Crippen LogP contribution in [0, 0.1) is 5.92 Å². The molecular formula is C41H82N2O5. The van der Waals surface area contributed by atoms with E-state index >= 15 is 0 Å². The van der Waals surface area contributed by atoms with Crippen molar-refractivity contribution in [1.29, 1.82) is 0 Å². The molecule has 0 aromatic rings. The molecule has 7 nitrogen and oxygen atoms in total. The van der Waals surface area contributed by atoms with Crippen LogP contribution >= 0.6 is 0 Å². The minimum absolute atomic E-state index is 0.0556. The summed E-state index contributed by atoms with van der Waals surface area (Å²) in [6.45, 7) is 21.2. The van der Waals surface area contributed by atoms with E-state index in [1.165, 1.54) is 89.9 Å². The zero-order chi connectivity index (χ0) is 35.7. The smallest absolute Gasteiger partial charge is 0.465 e. The molecule has 0 aliphatic heterocycles. The summed E-state index contributed by atoms with van der Waals surface area (Å²) in [6, 6.07) is 0.394. The van der Waals surface area contributed by atoms with E-state index in [-0.39, 0.29) is 12.1 Å². The van der Waals surface area contributed by atoms with Crippen LogP contribution in [0.25, 0.3) is 0 Å². The number of unbranched alkanes of at least 4 members (excludes halogenated alkanes) is 13. The maximum Gasteiger partial charge on any atom is 0.508 e. The summed E-state index contributed by atoms with van der Waals surface area (Å²) in [4.78, 5) is 30.0. The summed E-state index contributed by atoms with van der Waals surface area (Å²) in [5.74, 6) is 0.447. The predicted molar refractivity (Wildman–Crippen MR) is 204 cm³/mol. The number of hydrogen-bond acceptors (Lipinski definition) is 7.